The quantitative estimate of drug-likeness (QED) is 0.710. The molecule has 2 aromatic carbocycles. The van der Waals surface area contributed by atoms with E-state index in [4.69, 9.17) is 11.6 Å². The highest BCUT2D eigenvalue weighted by Gasteiger charge is 2.27. The van der Waals surface area contributed by atoms with Gasteiger partial charge in [0, 0.05) is 36.2 Å². The molecule has 0 radical (unpaired) electrons. The molecule has 0 aliphatic carbocycles. The highest BCUT2D eigenvalue weighted by atomic mass is 35.5. The third-order valence-electron chi connectivity index (χ3n) is 4.20. The average molecular weight is 411 g/mol. The van der Waals surface area contributed by atoms with Crippen LogP contribution in [0, 0.1) is 0 Å². The molecule has 1 amide bonds. The van der Waals surface area contributed by atoms with Gasteiger partial charge < -0.3 is 4.90 Å². The highest BCUT2D eigenvalue weighted by Crippen LogP contribution is 2.32. The molecule has 0 N–H and O–H groups in total. The van der Waals surface area contributed by atoms with Crippen LogP contribution in [0.4, 0.5) is 5.69 Å². The highest BCUT2D eigenvalue weighted by molar-refractivity contribution is 8.00. The molecule has 0 fully saturated rings. The minimum Gasteiger partial charge on any atom is -0.311 e. The van der Waals surface area contributed by atoms with Crippen molar-refractivity contribution in [2.45, 2.75) is 16.2 Å². The Morgan fingerprint density at radius 1 is 1.19 bits per heavy atom. The number of halogens is 1. The van der Waals surface area contributed by atoms with Crippen molar-refractivity contribution < 1.29 is 13.2 Å². The minimum absolute atomic E-state index is 0.00640. The summed E-state index contributed by atoms with van der Waals surface area (Å²) in [5.74, 6) is 0.325. The molecule has 0 spiro atoms. The fourth-order valence-electron chi connectivity index (χ4n) is 2.76. The van der Waals surface area contributed by atoms with Crippen molar-refractivity contribution in [3.8, 4) is 0 Å². The van der Waals surface area contributed by atoms with E-state index in [1.165, 1.54) is 30.2 Å². The lowest BCUT2D eigenvalue weighted by Gasteiger charge is -2.18. The van der Waals surface area contributed by atoms with Crippen molar-refractivity contribution in [2.75, 3.05) is 31.3 Å². The van der Waals surface area contributed by atoms with Gasteiger partial charge in [-0.1, -0.05) is 11.6 Å². The second kappa shape index (κ2) is 7.60. The summed E-state index contributed by atoms with van der Waals surface area (Å²) in [6, 6.07) is 12.3. The molecule has 1 aliphatic rings. The molecule has 26 heavy (non-hydrogen) atoms. The molecule has 2 aromatic rings. The van der Waals surface area contributed by atoms with Crippen LogP contribution in [0.15, 0.2) is 52.3 Å². The Morgan fingerprint density at radius 2 is 1.88 bits per heavy atom. The number of sulfonamides is 1. The molecule has 3 rings (SSSR count). The fourth-order valence-corrected chi connectivity index (χ4v) is 4.62. The first-order valence-corrected chi connectivity index (χ1v) is 10.8. The first kappa shape index (κ1) is 19.2. The van der Waals surface area contributed by atoms with E-state index in [2.05, 4.69) is 0 Å². The third kappa shape index (κ3) is 3.91. The number of carbonyl (C=O) groups excluding carboxylic acids is 1. The Bertz CT molecular complexity index is 928. The Balaban J connectivity index is 1.73. The van der Waals surface area contributed by atoms with Gasteiger partial charge in [-0.15, -0.1) is 11.8 Å². The maximum absolute atomic E-state index is 12.6. The lowest BCUT2D eigenvalue weighted by molar-refractivity contribution is -0.116. The van der Waals surface area contributed by atoms with Crippen molar-refractivity contribution in [2.24, 2.45) is 0 Å². The van der Waals surface area contributed by atoms with Gasteiger partial charge in [0.25, 0.3) is 0 Å². The maximum Gasteiger partial charge on any atom is 0.242 e. The summed E-state index contributed by atoms with van der Waals surface area (Å²) in [7, 11) is -0.458. The van der Waals surface area contributed by atoms with Crippen LogP contribution in [0.2, 0.25) is 5.02 Å². The van der Waals surface area contributed by atoms with Crippen LogP contribution in [0.1, 0.15) is 5.56 Å². The molecular formula is C18H19ClN2O3S2. The molecule has 0 atom stereocenters. The minimum atomic E-state index is -3.47. The molecule has 1 aliphatic heterocycles. The van der Waals surface area contributed by atoms with E-state index in [0.29, 0.717) is 23.7 Å². The number of hydrogen-bond donors (Lipinski definition) is 0. The molecule has 0 bridgehead atoms. The van der Waals surface area contributed by atoms with Gasteiger partial charge in [0.05, 0.1) is 10.6 Å². The Morgan fingerprint density at radius 3 is 2.54 bits per heavy atom. The molecule has 138 valence electrons. The number of nitrogens with zero attached hydrogens (tertiary/aromatic N) is 2. The summed E-state index contributed by atoms with van der Waals surface area (Å²) in [4.78, 5) is 15.6. The van der Waals surface area contributed by atoms with Gasteiger partial charge in [-0.2, -0.15) is 0 Å². The summed E-state index contributed by atoms with van der Waals surface area (Å²) in [5.41, 5.74) is 1.68. The van der Waals surface area contributed by atoms with E-state index in [0.717, 1.165) is 16.1 Å². The molecule has 8 heteroatoms. The van der Waals surface area contributed by atoms with Gasteiger partial charge in [-0.25, -0.2) is 12.7 Å². The zero-order valence-electron chi connectivity index (χ0n) is 14.5. The molecule has 5 nitrogen and oxygen atoms in total. The van der Waals surface area contributed by atoms with Crippen LogP contribution < -0.4 is 4.90 Å². The number of amides is 1. The van der Waals surface area contributed by atoms with Gasteiger partial charge >= 0.3 is 0 Å². The molecule has 1 heterocycles. The fraction of sp³-hybridized carbons (Fsp3) is 0.278. The van der Waals surface area contributed by atoms with E-state index in [1.807, 2.05) is 12.1 Å². The van der Waals surface area contributed by atoms with Gasteiger partial charge in [0.15, 0.2) is 0 Å². The van der Waals surface area contributed by atoms with Crippen LogP contribution >= 0.6 is 23.4 Å². The first-order chi connectivity index (χ1) is 12.3. The predicted molar refractivity (Wildman–Crippen MR) is 106 cm³/mol. The maximum atomic E-state index is 12.6. The summed E-state index contributed by atoms with van der Waals surface area (Å²) in [6.07, 6.45) is 0.656. The number of benzene rings is 2. The Labute approximate surface area is 163 Å². The molecule has 0 unspecified atom stereocenters. The van der Waals surface area contributed by atoms with Crippen LogP contribution in [-0.4, -0.2) is 45.0 Å². The number of carbonyl (C=O) groups is 1. The molecule has 0 aromatic heterocycles. The van der Waals surface area contributed by atoms with Crippen molar-refractivity contribution in [1.29, 1.82) is 0 Å². The van der Waals surface area contributed by atoms with Crippen molar-refractivity contribution in [1.82, 2.24) is 4.31 Å². The van der Waals surface area contributed by atoms with Crippen molar-refractivity contribution >= 4 is 45.0 Å². The second-order valence-electron chi connectivity index (χ2n) is 6.12. The summed E-state index contributed by atoms with van der Waals surface area (Å²) in [5, 5.41) is 0.664. The lowest BCUT2D eigenvalue weighted by atomic mass is 10.2. The van der Waals surface area contributed by atoms with E-state index in [1.54, 1.807) is 35.2 Å². The molecule has 0 saturated carbocycles. The Kier molecular flexibility index (Phi) is 5.62. The van der Waals surface area contributed by atoms with Gasteiger partial charge in [0.1, 0.15) is 0 Å². The van der Waals surface area contributed by atoms with E-state index in [9.17, 15) is 13.2 Å². The van der Waals surface area contributed by atoms with Crippen molar-refractivity contribution in [3.05, 3.63) is 53.1 Å². The topological polar surface area (TPSA) is 57.7 Å². The van der Waals surface area contributed by atoms with Crippen LogP contribution in [-0.2, 0) is 21.2 Å². The third-order valence-corrected chi connectivity index (χ3v) is 7.26. The average Bonchev–Trinajstić information content (AvgIpc) is 3.04. The SMILES string of the molecule is CN(C)S(=O)(=O)c1ccc2c(c1)CCN2C(=O)CSc1ccc(Cl)cc1. The van der Waals surface area contributed by atoms with Gasteiger partial charge in [-0.05, 0) is 54.4 Å². The standard InChI is InChI=1S/C18H19ClN2O3S2/c1-20(2)26(23,24)16-7-8-17-13(11-16)9-10-21(17)18(22)12-25-15-5-3-14(19)4-6-15/h3-8,11H,9-10,12H2,1-2H3. The van der Waals surface area contributed by atoms with E-state index >= 15 is 0 Å². The normalized spacial score (nSPS) is 13.9. The molecular weight excluding hydrogens is 392 g/mol. The number of fused-ring (bicyclic) bond motifs is 1. The summed E-state index contributed by atoms with van der Waals surface area (Å²) >= 11 is 7.33. The van der Waals surface area contributed by atoms with E-state index in [-0.39, 0.29) is 10.8 Å². The molecule has 0 saturated heterocycles. The zero-order valence-corrected chi connectivity index (χ0v) is 16.9. The lowest BCUT2D eigenvalue weighted by Crippen LogP contribution is -2.30. The van der Waals surface area contributed by atoms with E-state index < -0.39 is 10.0 Å². The van der Waals surface area contributed by atoms with Crippen LogP contribution in [0.5, 0.6) is 0 Å². The largest absolute Gasteiger partial charge is 0.311 e. The van der Waals surface area contributed by atoms with Crippen LogP contribution in [0.3, 0.4) is 0 Å². The van der Waals surface area contributed by atoms with Gasteiger partial charge in [0.2, 0.25) is 15.9 Å². The monoisotopic (exact) mass is 410 g/mol. The summed E-state index contributed by atoms with van der Waals surface area (Å²) < 4.78 is 25.7. The van der Waals surface area contributed by atoms with Crippen molar-refractivity contribution in [3.63, 3.8) is 0 Å². The zero-order chi connectivity index (χ0) is 18.9. The number of thioether (sulfide) groups is 1. The second-order valence-corrected chi connectivity index (χ2v) is 9.75. The smallest absolute Gasteiger partial charge is 0.242 e. The summed E-state index contributed by atoms with van der Waals surface area (Å²) in [6.45, 7) is 0.570. The predicted octanol–water partition coefficient (Wildman–Crippen LogP) is 3.27. The van der Waals surface area contributed by atoms with Gasteiger partial charge in [-0.3, -0.25) is 4.79 Å². The van der Waals surface area contributed by atoms with Crippen LogP contribution in [0.25, 0.3) is 0 Å². The number of hydrogen-bond acceptors (Lipinski definition) is 4. The first-order valence-electron chi connectivity index (χ1n) is 8.03. The number of rotatable bonds is 5. The number of anilines is 1. The Hall–Kier alpha value is -1.54.